The number of pyridine rings is 1. The van der Waals surface area contributed by atoms with Gasteiger partial charge in [0.2, 0.25) is 0 Å². The number of nitrogens with one attached hydrogen (secondary N) is 1. The van der Waals surface area contributed by atoms with E-state index in [1.54, 1.807) is 0 Å². The van der Waals surface area contributed by atoms with Crippen molar-refractivity contribution in [2.45, 2.75) is 52.1 Å². The first kappa shape index (κ1) is 20.9. The van der Waals surface area contributed by atoms with Gasteiger partial charge in [0.15, 0.2) is 5.69 Å². The van der Waals surface area contributed by atoms with Crippen LogP contribution in [-0.4, -0.2) is 33.3 Å². The highest BCUT2D eigenvalue weighted by Crippen LogP contribution is 2.24. The number of likely N-dealkylation sites (tertiary alicyclic amines) is 1. The van der Waals surface area contributed by atoms with E-state index in [-0.39, 0.29) is 11.9 Å². The smallest absolute Gasteiger partial charge is 0.274 e. The first-order chi connectivity index (χ1) is 14.5. The van der Waals surface area contributed by atoms with Gasteiger partial charge >= 0.3 is 0 Å². The number of carbonyl (C=O) groups excluding carboxylic acids is 1. The highest BCUT2D eigenvalue weighted by atomic mass is 35.5. The highest BCUT2D eigenvalue weighted by molar-refractivity contribution is 6.31. The van der Waals surface area contributed by atoms with E-state index in [1.165, 1.54) is 12.8 Å². The maximum atomic E-state index is 13.4. The lowest BCUT2D eigenvalue weighted by atomic mass is 10.1. The molecule has 5 nitrogen and oxygen atoms in total. The minimum absolute atomic E-state index is 0.0421. The van der Waals surface area contributed by atoms with E-state index in [9.17, 15) is 4.79 Å². The summed E-state index contributed by atoms with van der Waals surface area (Å²) in [5, 5.41) is 4.29. The van der Waals surface area contributed by atoms with Crippen LogP contribution in [-0.2, 0) is 6.54 Å². The molecule has 0 bridgehead atoms. The molecule has 3 aromatic rings. The summed E-state index contributed by atoms with van der Waals surface area (Å²) < 4.78 is 2.03. The third-order valence-corrected chi connectivity index (χ3v) is 6.27. The number of aromatic nitrogens is 2. The molecule has 4 rings (SSSR count). The van der Waals surface area contributed by atoms with Gasteiger partial charge in [-0.25, -0.2) is 4.98 Å². The molecule has 0 saturated carbocycles. The maximum Gasteiger partial charge on any atom is 0.274 e. The predicted octanol–water partition coefficient (Wildman–Crippen LogP) is 5.16. The van der Waals surface area contributed by atoms with Crippen LogP contribution in [0.15, 0.2) is 42.6 Å². The molecule has 1 fully saturated rings. The number of fused-ring (bicyclic) bond motifs is 1. The van der Waals surface area contributed by atoms with Crippen molar-refractivity contribution >= 4 is 23.2 Å². The molecule has 6 heteroatoms. The molecule has 1 atom stereocenters. The number of imidazole rings is 1. The number of hydrogen-bond acceptors (Lipinski definition) is 3. The molecule has 1 N–H and O–H groups in total. The zero-order valence-electron chi connectivity index (χ0n) is 17.7. The number of nitrogens with zero attached hydrogens (tertiary/aromatic N) is 3. The van der Waals surface area contributed by atoms with E-state index in [0.29, 0.717) is 12.2 Å². The van der Waals surface area contributed by atoms with Crippen molar-refractivity contribution in [2.24, 2.45) is 0 Å². The summed E-state index contributed by atoms with van der Waals surface area (Å²) in [6, 6.07) is 12.0. The molecular formula is C24H29ClN4O. The van der Waals surface area contributed by atoms with Gasteiger partial charge in [0.05, 0.1) is 5.69 Å². The lowest BCUT2D eigenvalue weighted by Gasteiger charge is -2.20. The van der Waals surface area contributed by atoms with Crippen LogP contribution in [0.2, 0.25) is 5.02 Å². The van der Waals surface area contributed by atoms with Gasteiger partial charge in [-0.1, -0.05) is 42.6 Å². The van der Waals surface area contributed by atoms with Crippen LogP contribution in [0.1, 0.15) is 66.0 Å². The quantitative estimate of drug-likeness (QED) is 0.615. The second-order valence-electron chi connectivity index (χ2n) is 8.17. The third kappa shape index (κ3) is 4.37. The van der Waals surface area contributed by atoms with Crippen molar-refractivity contribution in [3.05, 3.63) is 70.1 Å². The summed E-state index contributed by atoms with van der Waals surface area (Å²) in [6.45, 7) is 6.29. The monoisotopic (exact) mass is 424 g/mol. The molecule has 1 amide bonds. The number of hydrogen-bond donors (Lipinski definition) is 1. The second kappa shape index (κ2) is 9.19. The standard InChI is InChI=1S/C24H29ClN4O/c1-17-11-14-29-21(16-26-18(2)19-9-5-6-10-20(19)25)23(27-22(29)15-17)24(30)28-12-7-3-4-8-13-28/h5-6,9-11,14-15,18,26H,3-4,7-8,12-13,16H2,1-2H3/t18-/m1/s1. The minimum Gasteiger partial charge on any atom is -0.337 e. The van der Waals surface area contributed by atoms with Gasteiger partial charge in [0, 0.05) is 36.9 Å². The Kier molecular flexibility index (Phi) is 6.40. The molecule has 3 heterocycles. The average molecular weight is 425 g/mol. The van der Waals surface area contributed by atoms with Gasteiger partial charge in [0.1, 0.15) is 5.65 Å². The van der Waals surface area contributed by atoms with Crippen LogP contribution in [0, 0.1) is 6.92 Å². The molecule has 0 spiro atoms. The number of benzene rings is 1. The first-order valence-electron chi connectivity index (χ1n) is 10.8. The van der Waals surface area contributed by atoms with Crippen molar-refractivity contribution in [1.29, 1.82) is 0 Å². The number of carbonyl (C=O) groups is 1. The molecule has 158 valence electrons. The Labute approximate surface area is 183 Å². The van der Waals surface area contributed by atoms with Crippen LogP contribution in [0.4, 0.5) is 0 Å². The average Bonchev–Trinajstić information content (AvgIpc) is 2.90. The van der Waals surface area contributed by atoms with Gasteiger partial charge in [-0.15, -0.1) is 0 Å². The highest BCUT2D eigenvalue weighted by Gasteiger charge is 2.25. The van der Waals surface area contributed by atoms with Gasteiger partial charge in [-0.3, -0.25) is 4.79 Å². The second-order valence-corrected chi connectivity index (χ2v) is 8.58. The van der Waals surface area contributed by atoms with Crippen molar-refractivity contribution in [3.63, 3.8) is 0 Å². The molecule has 0 unspecified atom stereocenters. The molecule has 1 aliphatic heterocycles. The topological polar surface area (TPSA) is 49.6 Å². The SMILES string of the molecule is Cc1ccn2c(CN[C@H](C)c3ccccc3Cl)c(C(=O)N3CCCCCC3)nc2c1. The summed E-state index contributed by atoms with van der Waals surface area (Å²) in [4.78, 5) is 20.1. The number of rotatable bonds is 5. The summed E-state index contributed by atoms with van der Waals surface area (Å²) in [5.41, 5.74) is 4.45. The zero-order chi connectivity index (χ0) is 21.1. The Hall–Kier alpha value is -2.37. The van der Waals surface area contributed by atoms with Crippen LogP contribution >= 0.6 is 11.6 Å². The van der Waals surface area contributed by atoms with Gasteiger partial charge in [-0.05, 0) is 56.0 Å². The molecule has 30 heavy (non-hydrogen) atoms. The van der Waals surface area contributed by atoms with Gasteiger partial charge in [-0.2, -0.15) is 0 Å². The minimum atomic E-state index is 0.0421. The maximum absolute atomic E-state index is 13.4. The zero-order valence-corrected chi connectivity index (χ0v) is 18.5. The Morgan fingerprint density at radius 2 is 1.90 bits per heavy atom. The van der Waals surface area contributed by atoms with Crippen LogP contribution in [0.5, 0.6) is 0 Å². The Morgan fingerprint density at radius 3 is 2.63 bits per heavy atom. The summed E-state index contributed by atoms with van der Waals surface area (Å²) in [7, 11) is 0. The lowest BCUT2D eigenvalue weighted by molar-refractivity contribution is 0.0755. The van der Waals surface area contributed by atoms with Gasteiger partial charge in [0.25, 0.3) is 5.91 Å². The predicted molar refractivity (Wildman–Crippen MR) is 121 cm³/mol. The molecular weight excluding hydrogens is 396 g/mol. The molecule has 1 aromatic carbocycles. The van der Waals surface area contributed by atoms with E-state index < -0.39 is 0 Å². The van der Waals surface area contributed by atoms with Crippen LogP contribution in [0.3, 0.4) is 0 Å². The Balaban J connectivity index is 1.64. The largest absolute Gasteiger partial charge is 0.337 e. The van der Waals surface area contributed by atoms with E-state index in [2.05, 4.69) is 18.3 Å². The first-order valence-corrected chi connectivity index (χ1v) is 11.2. The van der Waals surface area contributed by atoms with Crippen molar-refractivity contribution in [3.8, 4) is 0 Å². The number of halogens is 1. The fraction of sp³-hybridized carbons (Fsp3) is 0.417. The summed E-state index contributed by atoms with van der Waals surface area (Å²) >= 11 is 6.37. The van der Waals surface area contributed by atoms with E-state index in [4.69, 9.17) is 16.6 Å². The summed E-state index contributed by atoms with van der Waals surface area (Å²) in [6.07, 6.45) is 6.52. The fourth-order valence-electron chi connectivity index (χ4n) is 4.15. The Bertz CT molecular complexity index is 1040. The molecule has 1 aliphatic rings. The van der Waals surface area contributed by atoms with Crippen molar-refractivity contribution in [1.82, 2.24) is 19.6 Å². The normalized spacial score (nSPS) is 15.9. The lowest BCUT2D eigenvalue weighted by Crippen LogP contribution is -2.33. The van der Waals surface area contributed by atoms with E-state index >= 15 is 0 Å². The molecule has 1 saturated heterocycles. The van der Waals surface area contributed by atoms with E-state index in [1.807, 2.05) is 52.8 Å². The van der Waals surface area contributed by atoms with Crippen molar-refractivity contribution < 1.29 is 4.79 Å². The van der Waals surface area contributed by atoms with Gasteiger partial charge < -0.3 is 14.6 Å². The van der Waals surface area contributed by atoms with Crippen molar-refractivity contribution in [2.75, 3.05) is 13.1 Å². The van der Waals surface area contributed by atoms with E-state index in [0.717, 1.165) is 53.4 Å². The number of amides is 1. The van der Waals surface area contributed by atoms with Crippen LogP contribution < -0.4 is 5.32 Å². The number of aryl methyl sites for hydroxylation is 1. The Morgan fingerprint density at radius 1 is 1.17 bits per heavy atom. The third-order valence-electron chi connectivity index (χ3n) is 5.92. The summed E-state index contributed by atoms with van der Waals surface area (Å²) in [5.74, 6) is 0.0421. The van der Waals surface area contributed by atoms with Crippen LogP contribution in [0.25, 0.3) is 5.65 Å². The molecule has 0 radical (unpaired) electrons. The molecule has 0 aliphatic carbocycles. The molecule has 2 aromatic heterocycles. The fourth-order valence-corrected chi connectivity index (χ4v) is 4.45.